The van der Waals surface area contributed by atoms with Crippen LogP contribution in [-0.4, -0.2) is 18.6 Å². The third-order valence-electron chi connectivity index (χ3n) is 2.37. The number of hydrogen-bond donors (Lipinski definition) is 3. The zero-order chi connectivity index (χ0) is 14.0. The lowest BCUT2D eigenvalue weighted by molar-refractivity contribution is 0.593. The normalized spacial score (nSPS) is 11.5. The van der Waals surface area contributed by atoms with Crippen molar-refractivity contribution >= 4 is 31.6 Å². The Morgan fingerprint density at radius 3 is 2.84 bits per heavy atom. The molecule has 0 aliphatic rings. The summed E-state index contributed by atoms with van der Waals surface area (Å²) < 4.78 is 40.3. The van der Waals surface area contributed by atoms with Gasteiger partial charge in [-0.15, -0.1) is 0 Å². The van der Waals surface area contributed by atoms with Crippen LogP contribution < -0.4 is 10.5 Å². The lowest BCUT2D eigenvalue weighted by Crippen LogP contribution is -2.17. The highest BCUT2D eigenvalue weighted by Crippen LogP contribution is 2.27. The summed E-state index contributed by atoms with van der Waals surface area (Å²) in [5.74, 6) is -0.688. The average Bonchev–Trinajstić information content (AvgIpc) is 2.83. The average molecular weight is 349 g/mol. The van der Waals surface area contributed by atoms with Gasteiger partial charge in [0.05, 0.1) is 11.9 Å². The summed E-state index contributed by atoms with van der Waals surface area (Å²) in [5.41, 5.74) is 5.56. The van der Waals surface area contributed by atoms with Gasteiger partial charge in [0.1, 0.15) is 5.82 Å². The summed E-state index contributed by atoms with van der Waals surface area (Å²) in [7, 11) is -3.98. The predicted molar refractivity (Wildman–Crippen MR) is 71.4 cm³/mol. The van der Waals surface area contributed by atoms with Crippen molar-refractivity contribution in [2.24, 2.45) is 5.73 Å². The van der Waals surface area contributed by atoms with Crippen molar-refractivity contribution < 1.29 is 12.8 Å². The van der Waals surface area contributed by atoms with Gasteiger partial charge in [0.25, 0.3) is 10.0 Å². The number of nitrogens with two attached hydrogens (primary N) is 1. The number of aromatic nitrogens is 2. The second-order valence-corrected chi connectivity index (χ2v) is 6.10. The number of hydrogen-bond acceptors (Lipinski definition) is 4. The summed E-state index contributed by atoms with van der Waals surface area (Å²) in [6, 6.07) is 4.13. The highest BCUT2D eigenvalue weighted by molar-refractivity contribution is 9.10. The molecule has 1 aromatic carbocycles. The summed E-state index contributed by atoms with van der Waals surface area (Å²) >= 11 is 3.08. The number of anilines is 1. The van der Waals surface area contributed by atoms with Gasteiger partial charge in [-0.3, -0.25) is 9.82 Å². The predicted octanol–water partition coefficient (Wildman–Crippen LogP) is 1.57. The van der Waals surface area contributed by atoms with Crippen LogP contribution in [0.3, 0.4) is 0 Å². The minimum Gasteiger partial charge on any atom is -0.326 e. The number of rotatable bonds is 4. The van der Waals surface area contributed by atoms with Crippen LogP contribution in [-0.2, 0) is 16.6 Å². The smallest absolute Gasteiger partial charge is 0.279 e. The van der Waals surface area contributed by atoms with Gasteiger partial charge in [-0.1, -0.05) is 6.07 Å². The quantitative estimate of drug-likeness (QED) is 0.780. The Balaban J connectivity index is 2.43. The van der Waals surface area contributed by atoms with E-state index in [1.807, 2.05) is 0 Å². The van der Waals surface area contributed by atoms with E-state index in [4.69, 9.17) is 5.73 Å². The van der Waals surface area contributed by atoms with E-state index in [1.165, 1.54) is 18.3 Å². The first kappa shape index (κ1) is 14.0. The second-order valence-electron chi connectivity index (χ2n) is 3.63. The van der Waals surface area contributed by atoms with Crippen molar-refractivity contribution in [1.82, 2.24) is 10.2 Å². The Morgan fingerprint density at radius 2 is 2.21 bits per heavy atom. The fourth-order valence-corrected chi connectivity index (χ4v) is 3.26. The van der Waals surface area contributed by atoms with Crippen LogP contribution in [0.5, 0.6) is 0 Å². The number of benzene rings is 1. The molecule has 0 aliphatic heterocycles. The SMILES string of the molecule is NCc1cn[nH]c1S(=O)(=O)Nc1c(F)cccc1Br. The molecule has 19 heavy (non-hydrogen) atoms. The van der Waals surface area contributed by atoms with Gasteiger partial charge < -0.3 is 5.73 Å². The third-order valence-corrected chi connectivity index (χ3v) is 4.39. The fraction of sp³-hybridized carbons (Fsp3) is 0.100. The van der Waals surface area contributed by atoms with Crippen molar-refractivity contribution in [2.45, 2.75) is 11.6 Å². The van der Waals surface area contributed by atoms with Crippen LogP contribution in [0.15, 0.2) is 33.9 Å². The highest BCUT2D eigenvalue weighted by Gasteiger charge is 2.22. The molecule has 102 valence electrons. The van der Waals surface area contributed by atoms with E-state index in [2.05, 4.69) is 30.8 Å². The fourth-order valence-electron chi connectivity index (χ4n) is 1.46. The molecule has 0 radical (unpaired) electrons. The van der Waals surface area contributed by atoms with E-state index in [9.17, 15) is 12.8 Å². The number of aromatic amines is 1. The topological polar surface area (TPSA) is 101 Å². The van der Waals surface area contributed by atoms with E-state index >= 15 is 0 Å². The van der Waals surface area contributed by atoms with Crippen LogP contribution in [0, 0.1) is 5.82 Å². The number of H-pyrrole nitrogens is 1. The standard InChI is InChI=1S/C10H10BrFN4O2S/c11-7-2-1-3-8(12)9(7)16-19(17,18)10-6(4-13)5-14-15-10/h1-3,5,16H,4,13H2,(H,14,15). The van der Waals surface area contributed by atoms with Gasteiger partial charge in [-0.2, -0.15) is 13.5 Å². The number of nitrogens with one attached hydrogen (secondary N) is 2. The molecule has 0 atom stereocenters. The Bertz CT molecular complexity index is 681. The molecule has 0 saturated heterocycles. The maximum Gasteiger partial charge on any atom is 0.279 e. The van der Waals surface area contributed by atoms with Crippen LogP contribution in [0.4, 0.5) is 10.1 Å². The molecule has 0 spiro atoms. The van der Waals surface area contributed by atoms with E-state index in [0.717, 1.165) is 6.07 Å². The minimum absolute atomic E-state index is 0.00514. The molecule has 4 N–H and O–H groups in total. The summed E-state index contributed by atoms with van der Waals surface area (Å²) in [4.78, 5) is 0. The van der Waals surface area contributed by atoms with Crippen molar-refractivity contribution in [3.63, 3.8) is 0 Å². The molecular weight excluding hydrogens is 339 g/mol. The lowest BCUT2D eigenvalue weighted by Gasteiger charge is -2.10. The van der Waals surface area contributed by atoms with Crippen LogP contribution in [0.25, 0.3) is 0 Å². The number of para-hydroxylation sites is 1. The maximum atomic E-state index is 13.6. The first-order valence-electron chi connectivity index (χ1n) is 5.15. The monoisotopic (exact) mass is 348 g/mol. The van der Waals surface area contributed by atoms with E-state index in [-0.39, 0.29) is 17.3 Å². The summed E-state index contributed by atoms with van der Waals surface area (Å²) in [6.07, 6.45) is 1.31. The Labute approximate surface area is 117 Å². The van der Waals surface area contributed by atoms with Crippen LogP contribution in [0.1, 0.15) is 5.56 Å². The molecule has 9 heteroatoms. The number of halogens is 2. The molecule has 0 aliphatic carbocycles. The second kappa shape index (κ2) is 5.27. The molecule has 1 heterocycles. The molecule has 0 saturated carbocycles. The largest absolute Gasteiger partial charge is 0.326 e. The Kier molecular flexibility index (Phi) is 3.88. The minimum atomic E-state index is -3.98. The van der Waals surface area contributed by atoms with Gasteiger partial charge in [0.15, 0.2) is 5.03 Å². The van der Waals surface area contributed by atoms with Gasteiger partial charge in [-0.25, -0.2) is 4.39 Å². The summed E-state index contributed by atoms with van der Waals surface area (Å²) in [6.45, 7) is 0.00514. The van der Waals surface area contributed by atoms with Gasteiger partial charge >= 0.3 is 0 Å². The van der Waals surface area contributed by atoms with E-state index in [1.54, 1.807) is 0 Å². The van der Waals surface area contributed by atoms with Crippen LogP contribution >= 0.6 is 15.9 Å². The zero-order valence-electron chi connectivity index (χ0n) is 9.52. The van der Waals surface area contributed by atoms with Crippen molar-refractivity contribution in [2.75, 3.05) is 4.72 Å². The first-order valence-corrected chi connectivity index (χ1v) is 7.42. The molecular formula is C10H10BrFN4O2S. The molecule has 0 bridgehead atoms. The van der Waals surface area contributed by atoms with Gasteiger partial charge in [0, 0.05) is 16.6 Å². The number of sulfonamides is 1. The summed E-state index contributed by atoms with van der Waals surface area (Å²) in [5, 5.41) is 5.78. The van der Waals surface area contributed by atoms with Crippen molar-refractivity contribution in [3.8, 4) is 0 Å². The van der Waals surface area contributed by atoms with Crippen LogP contribution in [0.2, 0.25) is 0 Å². The molecule has 0 fully saturated rings. The lowest BCUT2D eigenvalue weighted by atomic mass is 10.3. The van der Waals surface area contributed by atoms with Gasteiger partial charge in [-0.05, 0) is 28.1 Å². The van der Waals surface area contributed by atoms with Crippen molar-refractivity contribution in [1.29, 1.82) is 0 Å². The van der Waals surface area contributed by atoms with E-state index < -0.39 is 15.8 Å². The molecule has 2 rings (SSSR count). The first-order chi connectivity index (χ1) is 8.95. The van der Waals surface area contributed by atoms with E-state index in [0.29, 0.717) is 10.0 Å². The molecule has 2 aromatic rings. The zero-order valence-corrected chi connectivity index (χ0v) is 11.9. The van der Waals surface area contributed by atoms with Gasteiger partial charge in [0.2, 0.25) is 0 Å². The third kappa shape index (κ3) is 2.77. The highest BCUT2D eigenvalue weighted by atomic mass is 79.9. The maximum absolute atomic E-state index is 13.6. The number of nitrogens with zero attached hydrogens (tertiary/aromatic N) is 1. The Morgan fingerprint density at radius 1 is 1.47 bits per heavy atom. The molecule has 0 amide bonds. The van der Waals surface area contributed by atoms with Crippen molar-refractivity contribution in [3.05, 3.63) is 40.2 Å². The Hall–Kier alpha value is -1.45. The molecule has 0 unspecified atom stereocenters. The molecule has 6 nitrogen and oxygen atoms in total. The molecule has 1 aromatic heterocycles.